The summed E-state index contributed by atoms with van der Waals surface area (Å²) in [5, 5.41) is 9.05. The number of carboxylic acids is 1. The lowest BCUT2D eigenvalue weighted by Gasteiger charge is -2.42. The van der Waals surface area contributed by atoms with Crippen molar-refractivity contribution >= 4 is 27.6 Å². The van der Waals surface area contributed by atoms with Gasteiger partial charge in [0.25, 0.3) is 15.9 Å². The first-order valence-electron chi connectivity index (χ1n) is 10.6. The normalized spacial score (nSPS) is 22.9. The number of nitrogens with zero attached hydrogens (tertiary/aromatic N) is 1. The van der Waals surface area contributed by atoms with E-state index in [9.17, 15) is 18.0 Å². The molecule has 9 nitrogen and oxygen atoms in total. The molecular weight excluding hydrogens is 448 g/mol. The average molecular weight is 475 g/mol. The third kappa shape index (κ3) is 4.96. The van der Waals surface area contributed by atoms with Gasteiger partial charge in [0.05, 0.1) is 29.0 Å². The van der Waals surface area contributed by atoms with E-state index in [2.05, 4.69) is 4.72 Å². The number of rotatable bonds is 5. The van der Waals surface area contributed by atoms with Gasteiger partial charge in [-0.25, -0.2) is 8.42 Å². The highest BCUT2D eigenvalue weighted by Gasteiger charge is 2.39. The van der Waals surface area contributed by atoms with Gasteiger partial charge in [0, 0.05) is 12.7 Å². The number of fused-ring (bicyclic) bond motifs is 2. The molecule has 4 rings (SSSR count). The number of carbonyl (C=O) groups is 2. The van der Waals surface area contributed by atoms with Crippen LogP contribution in [0.4, 0.5) is 5.69 Å². The Labute approximate surface area is 192 Å². The van der Waals surface area contributed by atoms with Crippen LogP contribution >= 0.6 is 0 Å². The van der Waals surface area contributed by atoms with Gasteiger partial charge in [-0.15, -0.1) is 0 Å². The summed E-state index contributed by atoms with van der Waals surface area (Å²) in [6.45, 7) is 2.02. The Morgan fingerprint density at radius 1 is 1.18 bits per heavy atom. The molecule has 0 saturated carbocycles. The number of likely N-dealkylation sites (N-methyl/N-ethyl adjacent to an activating group) is 1. The number of ether oxygens (including phenoxy) is 2. The van der Waals surface area contributed by atoms with Gasteiger partial charge in [0.2, 0.25) is 0 Å². The van der Waals surface area contributed by atoms with Gasteiger partial charge < -0.3 is 19.5 Å². The molecule has 1 amide bonds. The van der Waals surface area contributed by atoms with Crippen LogP contribution in [-0.2, 0) is 19.6 Å². The predicted molar refractivity (Wildman–Crippen MR) is 120 cm³/mol. The fourth-order valence-corrected chi connectivity index (χ4v) is 5.27. The number of benzene rings is 2. The highest BCUT2D eigenvalue weighted by atomic mass is 32.2. The highest BCUT2D eigenvalue weighted by molar-refractivity contribution is 7.92. The lowest BCUT2D eigenvalue weighted by atomic mass is 9.95. The molecule has 1 fully saturated rings. The minimum absolute atomic E-state index is 0.0953. The highest BCUT2D eigenvalue weighted by Crippen LogP contribution is 2.33. The fraction of sp³-hybridized carbons (Fsp3) is 0.391. The molecule has 2 aliphatic rings. The summed E-state index contributed by atoms with van der Waals surface area (Å²) in [5.74, 6) is -0.940. The second kappa shape index (κ2) is 9.03. The van der Waals surface area contributed by atoms with Gasteiger partial charge in [0.1, 0.15) is 18.5 Å². The number of hydrogen-bond acceptors (Lipinski definition) is 6. The minimum atomic E-state index is -3.82. The molecule has 2 N–H and O–H groups in total. The Morgan fingerprint density at radius 3 is 2.61 bits per heavy atom. The molecule has 0 bridgehead atoms. The first kappa shape index (κ1) is 23.1. The number of carboxylic acid groups (broad SMARTS) is 1. The van der Waals surface area contributed by atoms with Crippen LogP contribution in [0.2, 0.25) is 0 Å². The Morgan fingerprint density at radius 2 is 1.91 bits per heavy atom. The number of carbonyl (C=O) groups excluding carboxylic acids is 1. The van der Waals surface area contributed by atoms with E-state index in [0.29, 0.717) is 18.6 Å². The standard InChI is InChI=1S/C23H26N2O7S/c1-14-3-7-17(8-4-14)33(29,30)24-15-5-10-20-18(11-15)23(28)25(2)19-9-6-16(12-22(26)27)32-21(19)13-31-20/h3-5,7-8,10-11,16,19,21,24H,6,9,12-13H2,1-2H3,(H,26,27)/t16-,19+,21-/m0/s1. The van der Waals surface area contributed by atoms with E-state index in [1.807, 2.05) is 6.92 Å². The minimum Gasteiger partial charge on any atom is -0.490 e. The lowest BCUT2D eigenvalue weighted by Crippen LogP contribution is -2.53. The van der Waals surface area contributed by atoms with Gasteiger partial charge >= 0.3 is 5.97 Å². The van der Waals surface area contributed by atoms with Gasteiger partial charge in [-0.3, -0.25) is 14.3 Å². The van der Waals surface area contributed by atoms with Crippen molar-refractivity contribution in [1.29, 1.82) is 0 Å². The number of aliphatic carboxylic acids is 1. The van der Waals surface area contributed by atoms with Gasteiger partial charge in [-0.2, -0.15) is 0 Å². The number of amides is 1. The van der Waals surface area contributed by atoms with Crippen molar-refractivity contribution in [2.45, 2.75) is 49.3 Å². The third-order valence-electron chi connectivity index (χ3n) is 6.00. The van der Waals surface area contributed by atoms with Crippen LogP contribution in [0.5, 0.6) is 5.75 Å². The van der Waals surface area contributed by atoms with Crippen LogP contribution in [0.15, 0.2) is 47.4 Å². The van der Waals surface area contributed by atoms with Crippen molar-refractivity contribution in [2.24, 2.45) is 0 Å². The lowest BCUT2D eigenvalue weighted by molar-refractivity contribution is -0.148. The van der Waals surface area contributed by atoms with E-state index in [-0.39, 0.29) is 41.1 Å². The molecule has 2 heterocycles. The molecular formula is C23H26N2O7S. The molecule has 0 aliphatic carbocycles. The van der Waals surface area contributed by atoms with Crippen LogP contribution in [0.1, 0.15) is 35.2 Å². The predicted octanol–water partition coefficient (Wildman–Crippen LogP) is 2.65. The van der Waals surface area contributed by atoms with E-state index in [1.165, 1.54) is 24.3 Å². The molecule has 2 aromatic carbocycles. The molecule has 0 aromatic heterocycles. The van der Waals surface area contributed by atoms with Gasteiger partial charge in [0.15, 0.2) is 0 Å². The van der Waals surface area contributed by atoms with Crippen LogP contribution in [0.25, 0.3) is 0 Å². The largest absolute Gasteiger partial charge is 0.490 e. The van der Waals surface area contributed by atoms with Crippen molar-refractivity contribution in [1.82, 2.24) is 4.90 Å². The zero-order valence-electron chi connectivity index (χ0n) is 18.4. The van der Waals surface area contributed by atoms with Crippen molar-refractivity contribution in [3.8, 4) is 5.75 Å². The van der Waals surface area contributed by atoms with E-state index in [0.717, 1.165) is 5.56 Å². The summed E-state index contributed by atoms with van der Waals surface area (Å²) in [5.41, 5.74) is 1.44. The Bertz CT molecular complexity index is 1160. The summed E-state index contributed by atoms with van der Waals surface area (Å²) < 4.78 is 39.8. The number of hydrogen-bond donors (Lipinski definition) is 2. The molecule has 2 aliphatic heterocycles. The van der Waals surface area contributed by atoms with Crippen LogP contribution < -0.4 is 9.46 Å². The molecule has 10 heteroatoms. The quantitative estimate of drug-likeness (QED) is 0.683. The maximum atomic E-state index is 13.2. The third-order valence-corrected chi connectivity index (χ3v) is 7.39. The smallest absolute Gasteiger partial charge is 0.305 e. The summed E-state index contributed by atoms with van der Waals surface area (Å²) >= 11 is 0. The van der Waals surface area contributed by atoms with Gasteiger partial charge in [-0.1, -0.05) is 17.7 Å². The molecule has 3 atom stereocenters. The summed E-state index contributed by atoms with van der Waals surface area (Å²) in [6, 6.07) is 10.7. The monoisotopic (exact) mass is 474 g/mol. The Hall–Kier alpha value is -3.11. The molecule has 33 heavy (non-hydrogen) atoms. The van der Waals surface area contributed by atoms with Crippen LogP contribution in [0.3, 0.4) is 0 Å². The molecule has 0 spiro atoms. The Kier molecular flexibility index (Phi) is 6.31. The van der Waals surface area contributed by atoms with E-state index >= 15 is 0 Å². The molecule has 0 unspecified atom stereocenters. The second-order valence-electron chi connectivity index (χ2n) is 8.40. The molecule has 1 saturated heterocycles. The summed E-state index contributed by atoms with van der Waals surface area (Å²) in [7, 11) is -2.16. The SMILES string of the molecule is Cc1ccc(S(=O)(=O)Nc2ccc3c(c2)C(=O)N(C)[C@@H]2CC[C@@H](CC(=O)O)O[C@H]2CO3)cc1. The Balaban J connectivity index is 1.57. The number of sulfonamides is 1. The molecule has 0 radical (unpaired) electrons. The molecule has 2 aromatic rings. The topological polar surface area (TPSA) is 122 Å². The average Bonchev–Trinajstić information content (AvgIpc) is 2.76. The zero-order chi connectivity index (χ0) is 23.8. The first-order chi connectivity index (χ1) is 15.6. The van der Waals surface area contributed by atoms with Crippen molar-refractivity contribution < 1.29 is 32.6 Å². The fourth-order valence-electron chi connectivity index (χ4n) is 4.22. The number of nitrogens with one attached hydrogen (secondary N) is 1. The maximum absolute atomic E-state index is 13.2. The maximum Gasteiger partial charge on any atom is 0.305 e. The number of anilines is 1. The van der Waals surface area contributed by atoms with Crippen LogP contribution in [-0.4, -0.2) is 62.2 Å². The zero-order valence-corrected chi connectivity index (χ0v) is 19.2. The van der Waals surface area contributed by atoms with E-state index < -0.39 is 28.2 Å². The van der Waals surface area contributed by atoms with Crippen LogP contribution in [0, 0.1) is 6.92 Å². The van der Waals surface area contributed by atoms with E-state index in [1.54, 1.807) is 30.1 Å². The van der Waals surface area contributed by atoms with Gasteiger partial charge in [-0.05, 0) is 50.1 Å². The van der Waals surface area contributed by atoms with Crippen molar-refractivity contribution in [3.63, 3.8) is 0 Å². The number of aryl methyl sites for hydroxylation is 1. The van der Waals surface area contributed by atoms with Crippen molar-refractivity contribution in [2.75, 3.05) is 18.4 Å². The molecule has 176 valence electrons. The van der Waals surface area contributed by atoms with Crippen molar-refractivity contribution in [3.05, 3.63) is 53.6 Å². The second-order valence-corrected chi connectivity index (χ2v) is 10.1. The summed E-state index contributed by atoms with van der Waals surface area (Å²) in [4.78, 5) is 26.0. The first-order valence-corrected chi connectivity index (χ1v) is 12.1. The van der Waals surface area contributed by atoms with E-state index in [4.69, 9.17) is 14.6 Å². The summed E-state index contributed by atoms with van der Waals surface area (Å²) in [6.07, 6.45) is 0.137.